The fourth-order valence-electron chi connectivity index (χ4n) is 2.07. The number of ether oxygens (including phenoxy) is 1. The summed E-state index contributed by atoms with van der Waals surface area (Å²) in [7, 11) is -3.80. The Morgan fingerprint density at radius 2 is 2.09 bits per heavy atom. The Labute approximate surface area is 138 Å². The molecule has 1 aromatic carbocycles. The normalized spacial score (nSPS) is 13.8. The third-order valence-electron chi connectivity index (χ3n) is 3.09. The van der Waals surface area contributed by atoms with Gasteiger partial charge in [-0.3, -0.25) is 9.29 Å². The smallest absolute Gasteiger partial charge is 0.264 e. The van der Waals surface area contributed by atoms with Gasteiger partial charge in [-0.25, -0.2) is 8.42 Å². The number of phenols is 1. The first-order valence-corrected chi connectivity index (χ1v) is 7.90. The number of hydrogen-bond donors (Lipinski definition) is 1. The highest BCUT2D eigenvalue weighted by Gasteiger charge is 2.30. The van der Waals surface area contributed by atoms with Crippen molar-refractivity contribution < 1.29 is 18.3 Å². The highest BCUT2D eigenvalue weighted by Crippen LogP contribution is 2.35. The molecule has 0 bridgehead atoms. The first kappa shape index (κ1) is 16.7. The van der Waals surface area contributed by atoms with Crippen LogP contribution in [0.5, 0.6) is 11.5 Å². The molecule has 0 fully saturated rings. The lowest BCUT2D eigenvalue weighted by Crippen LogP contribution is -2.38. The highest BCUT2D eigenvalue weighted by molar-refractivity contribution is 7.92. The van der Waals surface area contributed by atoms with Crippen molar-refractivity contribution in [2.24, 2.45) is 0 Å². The van der Waals surface area contributed by atoms with Crippen LogP contribution in [0.4, 0.5) is 5.69 Å². The molecule has 118 valence electrons. The van der Waals surface area contributed by atoms with Crippen LogP contribution >= 0.6 is 24.0 Å². The maximum atomic E-state index is 12.7. The summed E-state index contributed by atoms with van der Waals surface area (Å²) in [6.45, 7) is 0.432. The Morgan fingerprint density at radius 3 is 2.82 bits per heavy atom. The van der Waals surface area contributed by atoms with E-state index in [1.165, 1.54) is 34.9 Å². The Hall–Kier alpha value is -1.70. The molecule has 9 heteroatoms. The Morgan fingerprint density at radius 1 is 1.32 bits per heavy atom. The molecule has 3 rings (SSSR count). The van der Waals surface area contributed by atoms with Crippen LogP contribution in [0.15, 0.2) is 41.6 Å². The highest BCUT2D eigenvalue weighted by atomic mass is 35.5. The zero-order valence-corrected chi connectivity index (χ0v) is 13.5. The Balaban J connectivity index is 0.00000176. The molecule has 0 amide bonds. The molecule has 22 heavy (non-hydrogen) atoms. The van der Waals surface area contributed by atoms with Crippen LogP contribution in [0.25, 0.3) is 0 Å². The molecule has 0 atom stereocenters. The second kappa shape index (κ2) is 6.20. The molecule has 2 aromatic rings. The fraction of sp³-hybridized carbons (Fsp3) is 0.154. The molecule has 6 nitrogen and oxygen atoms in total. The van der Waals surface area contributed by atoms with Gasteiger partial charge < -0.3 is 9.84 Å². The standard InChI is InChI=1S/C13H11ClN2O4S.ClH/c14-10-7-9(1-2-12(10)17)21(18,19)16-5-6-20-13-3-4-15-8-11(13)16;/h1-4,7-8,17H,5-6H2;1H. The second-order valence-electron chi connectivity index (χ2n) is 4.38. The summed E-state index contributed by atoms with van der Waals surface area (Å²) in [6.07, 6.45) is 2.97. The lowest BCUT2D eigenvalue weighted by Gasteiger charge is -2.29. The summed E-state index contributed by atoms with van der Waals surface area (Å²) in [6, 6.07) is 5.39. The third kappa shape index (κ3) is 2.79. The summed E-state index contributed by atoms with van der Waals surface area (Å²) in [4.78, 5) is 3.94. The van der Waals surface area contributed by atoms with Crippen LogP contribution in [0.2, 0.25) is 5.02 Å². The average Bonchev–Trinajstić information content (AvgIpc) is 2.49. The molecule has 0 radical (unpaired) electrons. The average molecular weight is 363 g/mol. The predicted molar refractivity (Wildman–Crippen MR) is 84.6 cm³/mol. The van der Waals surface area contributed by atoms with E-state index in [1.54, 1.807) is 6.07 Å². The predicted octanol–water partition coefficient (Wildman–Crippen LogP) is 2.45. The van der Waals surface area contributed by atoms with Crippen molar-refractivity contribution in [1.29, 1.82) is 0 Å². The molecule has 0 aliphatic carbocycles. The first-order chi connectivity index (χ1) is 10.00. The summed E-state index contributed by atoms with van der Waals surface area (Å²) < 4.78 is 32.1. The molecular weight excluding hydrogens is 351 g/mol. The topological polar surface area (TPSA) is 79.7 Å². The van der Waals surface area contributed by atoms with Crippen LogP contribution < -0.4 is 9.04 Å². The van der Waals surface area contributed by atoms with Gasteiger partial charge in [0.1, 0.15) is 23.8 Å². The molecule has 1 aromatic heterocycles. The van der Waals surface area contributed by atoms with Crippen molar-refractivity contribution in [3.8, 4) is 11.5 Å². The quantitative estimate of drug-likeness (QED) is 0.887. The molecule has 0 saturated carbocycles. The number of halogens is 2. The maximum absolute atomic E-state index is 12.7. The summed E-state index contributed by atoms with van der Waals surface area (Å²) in [5.41, 5.74) is 0.382. The minimum absolute atomic E-state index is 0. The minimum atomic E-state index is -3.80. The molecule has 0 saturated heterocycles. The van der Waals surface area contributed by atoms with Gasteiger partial charge in [-0.15, -0.1) is 12.4 Å². The van der Waals surface area contributed by atoms with E-state index in [2.05, 4.69) is 4.98 Å². The molecule has 1 aliphatic heterocycles. The maximum Gasteiger partial charge on any atom is 0.264 e. The number of hydrogen-bond acceptors (Lipinski definition) is 5. The van der Waals surface area contributed by atoms with Gasteiger partial charge in [-0.1, -0.05) is 11.6 Å². The van der Waals surface area contributed by atoms with E-state index >= 15 is 0 Å². The number of fused-ring (bicyclic) bond motifs is 1. The largest absolute Gasteiger partial charge is 0.506 e. The summed E-state index contributed by atoms with van der Waals surface area (Å²) >= 11 is 5.79. The summed E-state index contributed by atoms with van der Waals surface area (Å²) in [5, 5.41) is 9.39. The number of sulfonamides is 1. The Kier molecular flexibility index (Phi) is 4.69. The van der Waals surface area contributed by atoms with E-state index in [1.807, 2.05) is 0 Å². The minimum Gasteiger partial charge on any atom is -0.506 e. The van der Waals surface area contributed by atoms with Crippen LogP contribution in [0.3, 0.4) is 0 Å². The van der Waals surface area contributed by atoms with Crippen molar-refractivity contribution in [1.82, 2.24) is 4.98 Å². The Bertz CT molecular complexity index is 798. The van der Waals surface area contributed by atoms with E-state index < -0.39 is 10.0 Å². The molecule has 0 spiro atoms. The monoisotopic (exact) mass is 362 g/mol. The van der Waals surface area contributed by atoms with Gasteiger partial charge in [0.15, 0.2) is 0 Å². The molecule has 1 aliphatic rings. The fourth-order valence-corrected chi connectivity index (χ4v) is 3.78. The number of phenolic OH excluding ortho intramolecular Hbond substituents is 1. The van der Waals surface area contributed by atoms with E-state index in [-0.39, 0.29) is 41.2 Å². The second-order valence-corrected chi connectivity index (χ2v) is 6.65. The van der Waals surface area contributed by atoms with Crippen LogP contribution in [-0.4, -0.2) is 31.7 Å². The van der Waals surface area contributed by atoms with E-state index in [0.29, 0.717) is 11.4 Å². The van der Waals surface area contributed by atoms with Crippen LogP contribution in [0, 0.1) is 0 Å². The van der Waals surface area contributed by atoms with Gasteiger partial charge >= 0.3 is 0 Å². The lowest BCUT2D eigenvalue weighted by molar-refractivity contribution is 0.315. The zero-order chi connectivity index (χ0) is 15.0. The van der Waals surface area contributed by atoms with Crippen molar-refractivity contribution in [2.75, 3.05) is 17.5 Å². The first-order valence-electron chi connectivity index (χ1n) is 6.08. The number of aromatic hydroxyl groups is 1. The van der Waals surface area contributed by atoms with E-state index in [9.17, 15) is 13.5 Å². The number of benzene rings is 1. The van der Waals surface area contributed by atoms with Crippen LogP contribution in [-0.2, 0) is 10.0 Å². The van der Waals surface area contributed by atoms with Gasteiger partial charge in [0.2, 0.25) is 0 Å². The number of nitrogens with zero attached hydrogens (tertiary/aromatic N) is 2. The van der Waals surface area contributed by atoms with Crippen molar-refractivity contribution in [3.63, 3.8) is 0 Å². The number of anilines is 1. The molecule has 0 unspecified atom stereocenters. The third-order valence-corrected chi connectivity index (χ3v) is 5.20. The van der Waals surface area contributed by atoms with Crippen LogP contribution in [0.1, 0.15) is 0 Å². The zero-order valence-electron chi connectivity index (χ0n) is 11.1. The van der Waals surface area contributed by atoms with Crippen molar-refractivity contribution >= 4 is 39.7 Å². The number of rotatable bonds is 2. The van der Waals surface area contributed by atoms with E-state index in [0.717, 1.165) is 0 Å². The molecular formula is C13H12Cl2N2O4S. The molecule has 2 heterocycles. The van der Waals surface area contributed by atoms with Gasteiger partial charge in [0.25, 0.3) is 10.0 Å². The van der Waals surface area contributed by atoms with Gasteiger partial charge in [-0.2, -0.15) is 0 Å². The SMILES string of the molecule is Cl.O=S(=O)(c1ccc(O)c(Cl)c1)N1CCOc2ccncc21. The van der Waals surface area contributed by atoms with Crippen molar-refractivity contribution in [2.45, 2.75) is 4.90 Å². The number of pyridine rings is 1. The van der Waals surface area contributed by atoms with Gasteiger partial charge in [0, 0.05) is 12.3 Å². The van der Waals surface area contributed by atoms with Gasteiger partial charge in [-0.05, 0) is 18.2 Å². The van der Waals surface area contributed by atoms with E-state index in [4.69, 9.17) is 16.3 Å². The summed E-state index contributed by atoms with van der Waals surface area (Å²) in [5.74, 6) is 0.296. The van der Waals surface area contributed by atoms with Gasteiger partial charge in [0.05, 0.1) is 22.7 Å². The van der Waals surface area contributed by atoms with Crippen molar-refractivity contribution in [3.05, 3.63) is 41.7 Å². The molecule has 1 N–H and O–H groups in total. The number of aromatic nitrogens is 1. The lowest BCUT2D eigenvalue weighted by atomic mass is 10.3.